The van der Waals surface area contributed by atoms with Crippen molar-refractivity contribution < 1.29 is 0 Å². The van der Waals surface area contributed by atoms with E-state index in [1.165, 1.54) is 0 Å². The van der Waals surface area contributed by atoms with Crippen molar-refractivity contribution in [2.45, 2.75) is 6.42 Å². The van der Waals surface area contributed by atoms with Crippen molar-refractivity contribution in [1.82, 2.24) is 5.32 Å². The van der Waals surface area contributed by atoms with Gasteiger partial charge in [-0.25, -0.2) is 0 Å². The molecule has 0 saturated heterocycles. The van der Waals surface area contributed by atoms with Gasteiger partial charge in [0.2, 0.25) is 0 Å². The van der Waals surface area contributed by atoms with Gasteiger partial charge in [0, 0.05) is 10.7 Å². The van der Waals surface area contributed by atoms with Crippen LogP contribution >= 0.6 is 11.6 Å². The van der Waals surface area contributed by atoms with Crippen LogP contribution in [0.2, 0.25) is 5.02 Å². The van der Waals surface area contributed by atoms with Crippen LogP contribution in [0.3, 0.4) is 0 Å². The number of hydrogen-bond donors (Lipinski definition) is 2. The summed E-state index contributed by atoms with van der Waals surface area (Å²) in [6.45, 7) is 0.969. The molecule has 0 bridgehead atoms. The molecule has 3 N–H and O–H groups in total. The molecular formula is C11H15ClN2. The van der Waals surface area contributed by atoms with Crippen molar-refractivity contribution in [3.8, 4) is 0 Å². The summed E-state index contributed by atoms with van der Waals surface area (Å²) in [6, 6.07) is 5.48. The highest BCUT2D eigenvalue weighted by atomic mass is 35.5. The summed E-state index contributed by atoms with van der Waals surface area (Å²) >= 11 is 5.86. The van der Waals surface area contributed by atoms with E-state index in [9.17, 15) is 0 Å². The third-order valence-corrected chi connectivity index (χ3v) is 2.14. The number of benzene rings is 1. The van der Waals surface area contributed by atoms with E-state index in [-0.39, 0.29) is 0 Å². The van der Waals surface area contributed by atoms with Crippen LogP contribution in [-0.2, 0) is 0 Å². The van der Waals surface area contributed by atoms with E-state index in [1.807, 2.05) is 25.3 Å². The number of hydrogen-bond acceptors (Lipinski definition) is 2. The average molecular weight is 211 g/mol. The third kappa shape index (κ3) is 3.40. The second kappa shape index (κ2) is 5.68. The van der Waals surface area contributed by atoms with Crippen LogP contribution in [0, 0.1) is 0 Å². The molecule has 1 rings (SSSR count). The minimum atomic E-state index is 0.715. The van der Waals surface area contributed by atoms with Crippen LogP contribution in [0.5, 0.6) is 0 Å². The quantitative estimate of drug-likeness (QED) is 0.592. The van der Waals surface area contributed by atoms with Crippen molar-refractivity contribution in [3.05, 3.63) is 34.9 Å². The van der Waals surface area contributed by atoms with E-state index in [0.717, 1.165) is 24.2 Å². The number of nitrogen functional groups attached to an aromatic ring is 1. The van der Waals surface area contributed by atoms with Gasteiger partial charge in [-0.05, 0) is 43.8 Å². The highest BCUT2D eigenvalue weighted by Gasteiger charge is 1.95. The molecule has 1 aromatic rings. The predicted molar refractivity (Wildman–Crippen MR) is 63.4 cm³/mol. The van der Waals surface area contributed by atoms with Gasteiger partial charge < -0.3 is 11.1 Å². The Bertz CT molecular complexity index is 321. The zero-order chi connectivity index (χ0) is 10.4. The Balaban J connectivity index is 2.65. The lowest BCUT2D eigenvalue weighted by Gasteiger charge is -2.00. The van der Waals surface area contributed by atoms with E-state index < -0.39 is 0 Å². The molecule has 0 atom stereocenters. The van der Waals surface area contributed by atoms with Crippen LogP contribution in [0.25, 0.3) is 6.08 Å². The summed E-state index contributed by atoms with van der Waals surface area (Å²) in [5, 5.41) is 3.79. The molecule has 76 valence electrons. The molecule has 2 nitrogen and oxygen atoms in total. The minimum Gasteiger partial charge on any atom is -0.398 e. The Morgan fingerprint density at radius 1 is 1.50 bits per heavy atom. The van der Waals surface area contributed by atoms with Gasteiger partial charge in [-0.1, -0.05) is 23.8 Å². The summed E-state index contributed by atoms with van der Waals surface area (Å²) in [5.41, 5.74) is 7.52. The lowest BCUT2D eigenvalue weighted by molar-refractivity contribution is 0.809. The molecule has 0 fully saturated rings. The molecule has 3 heteroatoms. The van der Waals surface area contributed by atoms with Crippen LogP contribution in [-0.4, -0.2) is 13.6 Å². The van der Waals surface area contributed by atoms with Gasteiger partial charge in [-0.3, -0.25) is 0 Å². The third-order valence-electron chi connectivity index (χ3n) is 1.91. The van der Waals surface area contributed by atoms with E-state index in [2.05, 4.69) is 11.4 Å². The van der Waals surface area contributed by atoms with Crippen molar-refractivity contribution in [1.29, 1.82) is 0 Å². The van der Waals surface area contributed by atoms with Crippen molar-refractivity contribution in [3.63, 3.8) is 0 Å². The fourth-order valence-corrected chi connectivity index (χ4v) is 1.31. The first kappa shape index (κ1) is 11.1. The van der Waals surface area contributed by atoms with Crippen molar-refractivity contribution in [2.75, 3.05) is 19.3 Å². The first-order valence-corrected chi connectivity index (χ1v) is 4.98. The minimum absolute atomic E-state index is 0.715. The fourth-order valence-electron chi connectivity index (χ4n) is 1.13. The molecule has 0 spiro atoms. The molecule has 0 amide bonds. The van der Waals surface area contributed by atoms with Gasteiger partial charge in [0.05, 0.1) is 0 Å². The maximum Gasteiger partial charge on any atom is 0.0413 e. The Labute approximate surface area is 89.8 Å². The zero-order valence-corrected chi connectivity index (χ0v) is 9.01. The number of halogens is 1. The van der Waals surface area contributed by atoms with Gasteiger partial charge in [-0.15, -0.1) is 0 Å². The summed E-state index contributed by atoms with van der Waals surface area (Å²) in [7, 11) is 1.93. The fraction of sp³-hybridized carbons (Fsp3) is 0.273. The molecular weight excluding hydrogens is 196 g/mol. The standard InChI is InChI=1S/C11H15ClN2/c1-14-7-3-2-4-9-8-10(12)5-6-11(9)13/h2,4-6,8,14H,3,7,13H2,1H3. The summed E-state index contributed by atoms with van der Waals surface area (Å²) < 4.78 is 0. The predicted octanol–water partition coefficient (Wildman–Crippen LogP) is 2.54. The van der Waals surface area contributed by atoms with E-state index in [1.54, 1.807) is 6.07 Å². The van der Waals surface area contributed by atoms with Gasteiger partial charge in [0.15, 0.2) is 0 Å². The van der Waals surface area contributed by atoms with Crippen LogP contribution in [0.4, 0.5) is 5.69 Å². The normalized spacial score (nSPS) is 11.0. The molecule has 0 saturated carbocycles. The Morgan fingerprint density at radius 3 is 3.00 bits per heavy atom. The average Bonchev–Trinajstić information content (AvgIpc) is 2.18. The van der Waals surface area contributed by atoms with E-state index in [4.69, 9.17) is 17.3 Å². The second-order valence-electron chi connectivity index (χ2n) is 3.07. The van der Waals surface area contributed by atoms with Crippen LogP contribution in [0.15, 0.2) is 24.3 Å². The van der Waals surface area contributed by atoms with Gasteiger partial charge in [-0.2, -0.15) is 0 Å². The number of nitrogens with two attached hydrogens (primary N) is 1. The van der Waals surface area contributed by atoms with Gasteiger partial charge in [0.25, 0.3) is 0 Å². The SMILES string of the molecule is CNCCC=Cc1cc(Cl)ccc1N. The number of anilines is 1. The summed E-state index contributed by atoms with van der Waals surface area (Å²) in [6.07, 6.45) is 5.07. The second-order valence-corrected chi connectivity index (χ2v) is 3.50. The first-order chi connectivity index (χ1) is 6.74. The van der Waals surface area contributed by atoms with Crippen LogP contribution < -0.4 is 11.1 Å². The Morgan fingerprint density at radius 2 is 2.29 bits per heavy atom. The smallest absolute Gasteiger partial charge is 0.0413 e. The molecule has 1 aromatic carbocycles. The molecule has 0 aliphatic carbocycles. The highest BCUT2D eigenvalue weighted by Crippen LogP contribution is 2.19. The lowest BCUT2D eigenvalue weighted by Crippen LogP contribution is -2.05. The molecule has 0 heterocycles. The molecule has 0 aliphatic rings. The van der Waals surface area contributed by atoms with E-state index >= 15 is 0 Å². The topological polar surface area (TPSA) is 38.0 Å². The van der Waals surface area contributed by atoms with Gasteiger partial charge in [0.1, 0.15) is 0 Å². The maximum absolute atomic E-state index is 5.86. The Hall–Kier alpha value is -0.990. The summed E-state index contributed by atoms with van der Waals surface area (Å²) in [5.74, 6) is 0. The number of rotatable bonds is 4. The van der Waals surface area contributed by atoms with Gasteiger partial charge >= 0.3 is 0 Å². The van der Waals surface area contributed by atoms with Crippen LogP contribution in [0.1, 0.15) is 12.0 Å². The monoisotopic (exact) mass is 210 g/mol. The molecule has 0 radical (unpaired) electrons. The molecule has 14 heavy (non-hydrogen) atoms. The number of nitrogens with one attached hydrogen (secondary N) is 1. The van der Waals surface area contributed by atoms with Crippen molar-refractivity contribution in [2.24, 2.45) is 0 Å². The Kier molecular flexibility index (Phi) is 4.50. The molecule has 0 aromatic heterocycles. The van der Waals surface area contributed by atoms with Crippen molar-refractivity contribution >= 4 is 23.4 Å². The highest BCUT2D eigenvalue weighted by molar-refractivity contribution is 6.30. The first-order valence-electron chi connectivity index (χ1n) is 4.60. The molecule has 0 aliphatic heterocycles. The lowest BCUT2D eigenvalue weighted by atomic mass is 10.1. The molecule has 0 unspecified atom stereocenters. The summed E-state index contributed by atoms with van der Waals surface area (Å²) in [4.78, 5) is 0. The zero-order valence-electron chi connectivity index (χ0n) is 8.26. The van der Waals surface area contributed by atoms with E-state index in [0.29, 0.717) is 5.02 Å². The maximum atomic E-state index is 5.86. The largest absolute Gasteiger partial charge is 0.398 e.